The molecule has 0 radical (unpaired) electrons. The minimum atomic E-state index is -0.820. The van der Waals surface area contributed by atoms with E-state index in [4.69, 9.17) is 0 Å². The summed E-state index contributed by atoms with van der Waals surface area (Å²) in [6.45, 7) is 3.01. The molecule has 98 valence electrons. The minimum Gasteiger partial charge on any atom is -0.384 e. The van der Waals surface area contributed by atoms with E-state index < -0.39 is 10.8 Å². The van der Waals surface area contributed by atoms with Gasteiger partial charge in [-0.25, -0.2) is 0 Å². The van der Waals surface area contributed by atoms with E-state index in [2.05, 4.69) is 10.6 Å². The number of para-hydroxylation sites is 1. The van der Waals surface area contributed by atoms with Crippen molar-refractivity contribution in [3.05, 3.63) is 29.8 Å². The first-order chi connectivity index (χ1) is 8.72. The fourth-order valence-corrected chi connectivity index (χ4v) is 2.69. The molecule has 0 saturated carbocycles. The Labute approximate surface area is 110 Å². The van der Waals surface area contributed by atoms with Gasteiger partial charge in [0, 0.05) is 41.1 Å². The summed E-state index contributed by atoms with van der Waals surface area (Å²) in [5.41, 5.74) is 2.08. The van der Waals surface area contributed by atoms with Crippen LogP contribution in [0.2, 0.25) is 0 Å². The monoisotopic (exact) mass is 266 g/mol. The zero-order valence-electron chi connectivity index (χ0n) is 10.4. The van der Waals surface area contributed by atoms with Crippen LogP contribution >= 0.6 is 0 Å². The lowest BCUT2D eigenvalue weighted by Gasteiger charge is -2.10. The molecule has 1 heterocycles. The van der Waals surface area contributed by atoms with Crippen molar-refractivity contribution in [2.24, 2.45) is 0 Å². The standard InChI is InChI=1S/C13H18N2O2S/c1-2-18(17)8-7-14-13(16)11-9-15-12-6-4-3-5-10(11)12/h3-6,11,15H,2,7-9H2,1H3,(H,14,16). The number of amides is 1. The lowest BCUT2D eigenvalue weighted by atomic mass is 10.0. The molecule has 2 atom stereocenters. The smallest absolute Gasteiger partial charge is 0.229 e. The molecular formula is C13H18N2O2S. The van der Waals surface area contributed by atoms with E-state index in [0.29, 0.717) is 24.6 Å². The predicted molar refractivity (Wildman–Crippen MR) is 74.2 cm³/mol. The van der Waals surface area contributed by atoms with E-state index in [1.807, 2.05) is 31.2 Å². The summed E-state index contributed by atoms with van der Waals surface area (Å²) in [6.07, 6.45) is 0. The third-order valence-corrected chi connectivity index (χ3v) is 4.40. The van der Waals surface area contributed by atoms with E-state index in [9.17, 15) is 9.00 Å². The fraction of sp³-hybridized carbons (Fsp3) is 0.462. The Morgan fingerprint density at radius 1 is 1.50 bits per heavy atom. The fourth-order valence-electron chi connectivity index (χ4n) is 2.07. The van der Waals surface area contributed by atoms with Gasteiger partial charge in [-0.05, 0) is 11.6 Å². The van der Waals surface area contributed by atoms with E-state index >= 15 is 0 Å². The number of hydrogen-bond donors (Lipinski definition) is 2. The summed E-state index contributed by atoms with van der Waals surface area (Å²) >= 11 is 0. The molecule has 1 aromatic rings. The van der Waals surface area contributed by atoms with Crippen molar-refractivity contribution in [3.8, 4) is 0 Å². The molecule has 2 rings (SSSR count). The number of carbonyl (C=O) groups excluding carboxylic acids is 1. The maximum absolute atomic E-state index is 12.0. The summed E-state index contributed by atoms with van der Waals surface area (Å²) in [4.78, 5) is 12.0. The van der Waals surface area contributed by atoms with Crippen LogP contribution in [-0.4, -0.2) is 34.7 Å². The van der Waals surface area contributed by atoms with Crippen molar-refractivity contribution in [1.29, 1.82) is 0 Å². The molecule has 1 aromatic carbocycles. The molecule has 0 spiro atoms. The third-order valence-electron chi connectivity index (χ3n) is 3.10. The number of nitrogens with one attached hydrogen (secondary N) is 2. The van der Waals surface area contributed by atoms with Gasteiger partial charge in [0.2, 0.25) is 5.91 Å². The van der Waals surface area contributed by atoms with Gasteiger partial charge >= 0.3 is 0 Å². The Bertz CT molecular complexity index is 462. The quantitative estimate of drug-likeness (QED) is 0.838. The highest BCUT2D eigenvalue weighted by molar-refractivity contribution is 7.84. The Morgan fingerprint density at radius 2 is 2.28 bits per heavy atom. The van der Waals surface area contributed by atoms with Crippen LogP contribution in [0.3, 0.4) is 0 Å². The highest BCUT2D eigenvalue weighted by Crippen LogP contribution is 2.30. The zero-order chi connectivity index (χ0) is 13.0. The Balaban J connectivity index is 1.90. The highest BCUT2D eigenvalue weighted by atomic mass is 32.2. The van der Waals surface area contributed by atoms with Gasteiger partial charge in [0.15, 0.2) is 0 Å². The van der Waals surface area contributed by atoms with E-state index in [0.717, 1.165) is 11.3 Å². The summed E-state index contributed by atoms with van der Waals surface area (Å²) in [5, 5.41) is 6.08. The number of benzene rings is 1. The van der Waals surface area contributed by atoms with Gasteiger partial charge in [-0.2, -0.15) is 0 Å². The zero-order valence-corrected chi connectivity index (χ0v) is 11.3. The van der Waals surface area contributed by atoms with Gasteiger partial charge in [0.25, 0.3) is 0 Å². The van der Waals surface area contributed by atoms with Crippen molar-refractivity contribution in [1.82, 2.24) is 5.32 Å². The van der Waals surface area contributed by atoms with Crippen LogP contribution in [0.15, 0.2) is 24.3 Å². The van der Waals surface area contributed by atoms with E-state index in [1.165, 1.54) is 0 Å². The second-order valence-corrected chi connectivity index (χ2v) is 6.11. The first kappa shape index (κ1) is 13.1. The average molecular weight is 266 g/mol. The molecule has 2 unspecified atom stereocenters. The molecule has 0 aromatic heterocycles. The Hall–Kier alpha value is -1.36. The van der Waals surface area contributed by atoms with Gasteiger partial charge in [0.1, 0.15) is 0 Å². The molecule has 0 fully saturated rings. The van der Waals surface area contributed by atoms with Gasteiger partial charge in [-0.15, -0.1) is 0 Å². The number of hydrogen-bond acceptors (Lipinski definition) is 3. The van der Waals surface area contributed by atoms with Crippen LogP contribution < -0.4 is 10.6 Å². The molecular weight excluding hydrogens is 248 g/mol. The maximum Gasteiger partial charge on any atom is 0.229 e. The number of carbonyl (C=O) groups is 1. The van der Waals surface area contributed by atoms with Crippen molar-refractivity contribution in [2.45, 2.75) is 12.8 Å². The normalized spacial score (nSPS) is 18.8. The molecule has 0 saturated heterocycles. The summed E-state index contributed by atoms with van der Waals surface area (Å²) in [6, 6.07) is 7.85. The molecule has 0 bridgehead atoms. The maximum atomic E-state index is 12.0. The lowest BCUT2D eigenvalue weighted by Crippen LogP contribution is -2.33. The summed E-state index contributed by atoms with van der Waals surface area (Å²) < 4.78 is 11.3. The Kier molecular flexibility index (Phi) is 4.36. The van der Waals surface area contributed by atoms with Crippen molar-refractivity contribution in [3.63, 3.8) is 0 Å². The molecule has 18 heavy (non-hydrogen) atoms. The molecule has 0 aliphatic carbocycles. The molecule has 1 aliphatic heterocycles. The van der Waals surface area contributed by atoms with Gasteiger partial charge in [-0.1, -0.05) is 25.1 Å². The first-order valence-electron chi connectivity index (χ1n) is 6.18. The van der Waals surface area contributed by atoms with Crippen molar-refractivity contribution < 1.29 is 9.00 Å². The second kappa shape index (κ2) is 6.00. The number of anilines is 1. The van der Waals surface area contributed by atoms with E-state index in [1.54, 1.807) is 0 Å². The van der Waals surface area contributed by atoms with Crippen LogP contribution in [0.1, 0.15) is 18.4 Å². The Morgan fingerprint density at radius 3 is 3.06 bits per heavy atom. The summed E-state index contributed by atoms with van der Waals surface area (Å²) in [5.74, 6) is 1.06. The van der Waals surface area contributed by atoms with Gasteiger partial charge < -0.3 is 10.6 Å². The van der Waals surface area contributed by atoms with Gasteiger partial charge in [-0.3, -0.25) is 9.00 Å². The molecule has 5 heteroatoms. The molecule has 2 N–H and O–H groups in total. The van der Waals surface area contributed by atoms with Crippen LogP contribution in [0.4, 0.5) is 5.69 Å². The largest absolute Gasteiger partial charge is 0.384 e. The molecule has 1 amide bonds. The van der Waals surface area contributed by atoms with E-state index in [-0.39, 0.29) is 11.8 Å². The number of fused-ring (bicyclic) bond motifs is 1. The van der Waals surface area contributed by atoms with Crippen molar-refractivity contribution >= 4 is 22.4 Å². The predicted octanol–water partition coefficient (Wildman–Crippen LogP) is 1.08. The molecule has 4 nitrogen and oxygen atoms in total. The van der Waals surface area contributed by atoms with Crippen LogP contribution in [-0.2, 0) is 15.6 Å². The lowest BCUT2D eigenvalue weighted by molar-refractivity contribution is -0.122. The average Bonchev–Trinajstić information content (AvgIpc) is 2.82. The SMILES string of the molecule is CCS(=O)CCNC(=O)C1CNc2ccccc21. The van der Waals surface area contributed by atoms with Crippen LogP contribution in [0.25, 0.3) is 0 Å². The third kappa shape index (κ3) is 2.90. The van der Waals surface area contributed by atoms with Crippen molar-refractivity contribution in [2.75, 3.05) is 29.9 Å². The first-order valence-corrected chi connectivity index (χ1v) is 7.66. The minimum absolute atomic E-state index is 0.0144. The van der Waals surface area contributed by atoms with Crippen LogP contribution in [0.5, 0.6) is 0 Å². The topological polar surface area (TPSA) is 58.2 Å². The number of rotatable bonds is 5. The van der Waals surface area contributed by atoms with Crippen LogP contribution in [0, 0.1) is 0 Å². The summed E-state index contributed by atoms with van der Waals surface area (Å²) in [7, 11) is -0.820. The highest BCUT2D eigenvalue weighted by Gasteiger charge is 2.27. The van der Waals surface area contributed by atoms with Gasteiger partial charge in [0.05, 0.1) is 5.92 Å². The molecule has 1 aliphatic rings. The second-order valence-electron chi connectivity index (χ2n) is 4.24.